The number of hydrogen-bond donors (Lipinski definition) is 0. The number of hydrogen-bond acceptors (Lipinski definition) is 4. The first kappa shape index (κ1) is 31.3. The van der Waals surface area contributed by atoms with Crippen LogP contribution in [0.2, 0.25) is 0 Å². The summed E-state index contributed by atoms with van der Waals surface area (Å²) >= 11 is 0. The molecule has 0 unspecified atom stereocenters. The summed E-state index contributed by atoms with van der Waals surface area (Å²) in [7, 11) is -10.4. The number of rotatable bonds is 15. The van der Waals surface area contributed by atoms with Crippen molar-refractivity contribution in [3.63, 3.8) is 0 Å². The zero-order chi connectivity index (χ0) is 25.6. The third-order valence-electron chi connectivity index (χ3n) is 4.36. The summed E-state index contributed by atoms with van der Waals surface area (Å²) in [6.45, 7) is 4.80. The van der Waals surface area contributed by atoms with Gasteiger partial charge in [-0.1, -0.05) is 33.6 Å². The molecule has 0 N–H and O–H groups in total. The number of unbranched alkanes of at least 4 members (excludes halogenated alkanes) is 2. The normalized spacial score (nSPS) is 15.1. The second-order valence-electron chi connectivity index (χ2n) is 7.20. The number of carbonyl (C=O) groups excluding carboxylic acids is 1. The Morgan fingerprint density at radius 3 is 1.53 bits per heavy atom. The maximum Gasteiger partial charge on any atom is 0.460 e. The van der Waals surface area contributed by atoms with Gasteiger partial charge in [-0.25, -0.2) is 3.63 Å². The molecule has 4 nitrogen and oxygen atoms in total. The van der Waals surface area contributed by atoms with Crippen LogP contribution in [0.15, 0.2) is 0 Å². The number of Topliss-reactive ketones (excluding diaryl/α,β-unsaturated/α-hetero) is 1. The van der Waals surface area contributed by atoms with Gasteiger partial charge in [0.2, 0.25) is 0 Å². The van der Waals surface area contributed by atoms with E-state index in [0.29, 0.717) is 12.8 Å². The zero-order valence-electron chi connectivity index (χ0n) is 17.7. The van der Waals surface area contributed by atoms with E-state index in [1.807, 2.05) is 0 Å². The van der Waals surface area contributed by atoms with Crippen LogP contribution in [0.25, 0.3) is 0 Å². The van der Waals surface area contributed by atoms with Crippen molar-refractivity contribution in [2.75, 3.05) is 17.3 Å². The fourth-order valence-corrected chi connectivity index (χ4v) is 8.44. The van der Waals surface area contributed by atoms with E-state index in [0.717, 1.165) is 0 Å². The van der Waals surface area contributed by atoms with Gasteiger partial charge in [-0.3, -0.25) is 4.79 Å². The minimum Gasteiger partial charge on any atom is -0.299 e. The van der Waals surface area contributed by atoms with Gasteiger partial charge in [-0.2, -0.15) is 47.9 Å². The van der Waals surface area contributed by atoms with E-state index in [1.54, 1.807) is 20.8 Å². The number of carbonyl (C=O) groups is 1. The van der Waals surface area contributed by atoms with E-state index in [2.05, 4.69) is 3.63 Å². The van der Waals surface area contributed by atoms with Crippen LogP contribution in [0, 0.1) is 0 Å². The first-order valence-corrected chi connectivity index (χ1v) is 13.2. The minimum atomic E-state index is -7.37. The summed E-state index contributed by atoms with van der Waals surface area (Å²) in [5.74, 6) is -16.7. The molecule has 0 rings (SSSR count). The third-order valence-corrected chi connectivity index (χ3v) is 10.0. The van der Waals surface area contributed by atoms with Gasteiger partial charge < -0.3 is 0 Å². The van der Waals surface area contributed by atoms with E-state index in [1.165, 1.54) is 0 Å². The van der Waals surface area contributed by atoms with E-state index < -0.39 is 55.2 Å². The molecule has 0 atom stereocenters. The van der Waals surface area contributed by atoms with Crippen molar-refractivity contribution in [2.24, 2.45) is 0 Å². The molecule has 0 bridgehead atoms. The highest BCUT2D eigenvalue weighted by Crippen LogP contribution is 2.59. The second-order valence-corrected chi connectivity index (χ2v) is 12.2. The van der Waals surface area contributed by atoms with Crippen molar-refractivity contribution in [1.82, 2.24) is 0 Å². The molecule has 0 aromatic heterocycles. The van der Waals surface area contributed by atoms with Crippen LogP contribution in [0.1, 0.15) is 59.3 Å². The van der Waals surface area contributed by atoms with E-state index in [-0.39, 0.29) is 37.2 Å². The average Bonchev–Trinajstić information content (AvgIpc) is 2.63. The van der Waals surface area contributed by atoms with E-state index >= 15 is 0 Å². The third kappa shape index (κ3) is 6.67. The summed E-state index contributed by atoms with van der Waals surface area (Å²) in [5.41, 5.74) is 0. The van der Waals surface area contributed by atoms with Crippen molar-refractivity contribution in [2.45, 2.75) is 82.6 Å². The van der Waals surface area contributed by atoms with E-state index in [4.69, 9.17) is 0 Å². The van der Waals surface area contributed by atoms with Crippen LogP contribution < -0.4 is 0 Å². The lowest BCUT2D eigenvalue weighted by Crippen LogP contribution is -2.63. The highest BCUT2D eigenvalue weighted by atomic mass is 32.3. The topological polar surface area (TPSA) is 60.4 Å². The van der Waals surface area contributed by atoms with Gasteiger partial charge in [-0.05, 0) is 19.3 Å². The van der Waals surface area contributed by atoms with E-state index in [9.17, 15) is 52.7 Å². The van der Waals surface area contributed by atoms with Gasteiger partial charge in [0.25, 0.3) is 0 Å². The molecule has 0 aliphatic rings. The van der Waals surface area contributed by atoms with Gasteiger partial charge >= 0.3 is 33.4 Å². The molecule has 0 aliphatic heterocycles. The van der Waals surface area contributed by atoms with Gasteiger partial charge in [0.1, 0.15) is 5.78 Å². The molecule has 0 saturated heterocycles. The maximum atomic E-state index is 14.2. The smallest absolute Gasteiger partial charge is 0.299 e. The van der Waals surface area contributed by atoms with Crippen molar-refractivity contribution in [1.29, 1.82) is 0 Å². The summed E-state index contributed by atoms with van der Waals surface area (Å²) in [5, 5.41) is -6.93. The minimum absolute atomic E-state index is 0.116. The molecule has 0 amide bonds. The average molecular weight is 531 g/mol. The number of halogens is 9. The highest BCUT2D eigenvalue weighted by molar-refractivity contribution is 8.33. The Hall–Kier alpha value is -0.700. The summed E-state index contributed by atoms with van der Waals surface area (Å²) < 4.78 is 148. The van der Waals surface area contributed by atoms with Crippen LogP contribution in [0.5, 0.6) is 0 Å². The van der Waals surface area contributed by atoms with Crippen molar-refractivity contribution in [3.8, 4) is 0 Å². The lowest BCUT2D eigenvalue weighted by atomic mass is 10.1. The van der Waals surface area contributed by atoms with Crippen molar-refractivity contribution < 1.29 is 56.4 Å². The Bertz CT molecular complexity index is 714. The summed E-state index contributed by atoms with van der Waals surface area (Å²) in [6, 6.07) is 0. The molecule has 32 heavy (non-hydrogen) atoms. The van der Waals surface area contributed by atoms with Crippen LogP contribution >= 0.6 is 10.3 Å². The molecule has 0 fully saturated rings. The van der Waals surface area contributed by atoms with Gasteiger partial charge in [-0.15, -0.1) is 10.3 Å². The van der Waals surface area contributed by atoms with Crippen molar-refractivity contribution in [3.05, 3.63) is 0 Å². The van der Waals surface area contributed by atoms with Crippen LogP contribution in [-0.4, -0.2) is 54.7 Å². The van der Waals surface area contributed by atoms with Crippen molar-refractivity contribution >= 4 is 26.2 Å². The first-order valence-electron chi connectivity index (χ1n) is 9.72. The number of alkyl halides is 9. The van der Waals surface area contributed by atoms with Crippen LogP contribution in [0.3, 0.4) is 0 Å². The molecule has 0 saturated carbocycles. The molecule has 0 aromatic rings. The monoisotopic (exact) mass is 530 g/mol. The molecule has 0 aromatic carbocycles. The molecule has 0 radical (unpaired) electrons. The maximum absolute atomic E-state index is 14.2. The van der Waals surface area contributed by atoms with Gasteiger partial charge in [0.15, 0.2) is 0 Å². The molecular weight excluding hydrogens is 503 g/mol. The Kier molecular flexibility index (Phi) is 10.9. The second kappa shape index (κ2) is 11.2. The zero-order valence-corrected chi connectivity index (χ0v) is 19.3. The van der Waals surface area contributed by atoms with Crippen LogP contribution in [-0.2, 0) is 18.5 Å². The Labute approximate surface area is 182 Å². The predicted molar refractivity (Wildman–Crippen MR) is 103 cm³/mol. The molecule has 0 heterocycles. The fourth-order valence-electron chi connectivity index (χ4n) is 2.55. The van der Waals surface area contributed by atoms with Gasteiger partial charge in [0.05, 0.1) is 5.75 Å². The Balaban J connectivity index is 6.46. The molecular formula is C17H27F9O4S2. The first-order chi connectivity index (χ1) is 14.3. The molecule has 194 valence electrons. The number of ketones is 1. The highest BCUT2D eigenvalue weighted by Gasteiger charge is 2.86. The lowest BCUT2D eigenvalue weighted by molar-refractivity contribution is -0.382. The Morgan fingerprint density at radius 1 is 0.750 bits per heavy atom. The largest absolute Gasteiger partial charge is 0.460 e. The molecule has 0 aliphatic carbocycles. The fraction of sp³-hybridized carbons (Fsp3) is 0.941. The quantitative estimate of drug-likeness (QED) is 0.229. The SMILES string of the molecule is CCCCS(CCCC)(CC(=O)CCC)OS(=O)(=O)C(F)(F)C(F)(F)C(F)(F)C(F)(F)F. The predicted octanol–water partition coefficient (Wildman–Crippen LogP) is 6.45. The van der Waals surface area contributed by atoms with Gasteiger partial charge in [0, 0.05) is 17.9 Å². The standard InChI is InChI=1S/C17H27F9O4S2/c1-4-7-10-31(11-8-5-2,12-13(27)9-6-3)30-32(28,29)17(25,26)15(20,21)14(18,19)16(22,23)24/h4-12H2,1-3H3. The summed E-state index contributed by atoms with van der Waals surface area (Å²) in [4.78, 5) is 12.1. The molecule has 0 spiro atoms. The summed E-state index contributed by atoms with van der Waals surface area (Å²) in [6.07, 6.45) is -6.05. The lowest BCUT2D eigenvalue weighted by Gasteiger charge is -2.40. The van der Waals surface area contributed by atoms with Crippen LogP contribution in [0.4, 0.5) is 39.5 Å². The Morgan fingerprint density at radius 2 is 1.19 bits per heavy atom. The molecule has 15 heteroatoms.